The minimum atomic E-state index is -1.15. The molecule has 31 heavy (non-hydrogen) atoms. The van der Waals surface area contributed by atoms with E-state index in [1.165, 1.54) is 0 Å². The van der Waals surface area contributed by atoms with Crippen LogP contribution >= 0.6 is 0 Å². The summed E-state index contributed by atoms with van der Waals surface area (Å²) in [7, 11) is 0. The largest absolute Gasteiger partial charge is 0.377 e. The minimum absolute atomic E-state index is 0.0336. The molecule has 1 N–H and O–H groups in total. The molecule has 4 unspecified atom stereocenters. The molecule has 0 aliphatic carbocycles. The second-order valence-corrected chi connectivity index (χ2v) is 8.19. The van der Waals surface area contributed by atoms with E-state index in [-0.39, 0.29) is 18.0 Å². The van der Waals surface area contributed by atoms with Gasteiger partial charge in [0.25, 0.3) is 0 Å². The minimum Gasteiger partial charge on any atom is -0.377 e. The fourth-order valence-electron chi connectivity index (χ4n) is 4.64. The second kappa shape index (κ2) is 9.23. The van der Waals surface area contributed by atoms with Gasteiger partial charge in [-0.25, -0.2) is 0 Å². The number of aliphatic hydroxyl groups is 1. The van der Waals surface area contributed by atoms with Crippen LogP contribution in [-0.2, 0) is 0 Å². The van der Waals surface area contributed by atoms with Gasteiger partial charge in [-0.2, -0.15) is 0 Å². The molecule has 0 spiro atoms. The Morgan fingerprint density at radius 1 is 0.903 bits per heavy atom. The van der Waals surface area contributed by atoms with Crippen LogP contribution < -0.4 is 0 Å². The number of benzene rings is 3. The predicted octanol–water partition coefficient (Wildman–Crippen LogP) is 5.23. The Balaban J connectivity index is 1.82. The highest BCUT2D eigenvalue weighted by Gasteiger charge is 2.49. The molecule has 4 rings (SSSR count). The summed E-state index contributed by atoms with van der Waals surface area (Å²) < 4.78 is 0. The number of piperidine rings is 1. The van der Waals surface area contributed by atoms with E-state index in [0.717, 1.165) is 16.7 Å². The lowest BCUT2D eigenvalue weighted by Gasteiger charge is -2.51. The molecule has 0 amide bonds. The SMILES string of the molecule is C#CCN1C(c2ccccc2)CC(O)(C#Cc2ccccc2)C(C)C1c1ccccc1. The predicted molar refractivity (Wildman–Crippen MR) is 126 cm³/mol. The Kier molecular flexibility index (Phi) is 6.24. The lowest BCUT2D eigenvalue weighted by molar-refractivity contribution is -0.0818. The third-order valence-electron chi connectivity index (χ3n) is 6.29. The number of hydrogen-bond acceptors (Lipinski definition) is 2. The average Bonchev–Trinajstić information content (AvgIpc) is 2.82. The summed E-state index contributed by atoms with van der Waals surface area (Å²) in [5, 5.41) is 11.9. The van der Waals surface area contributed by atoms with Crippen molar-refractivity contribution in [1.29, 1.82) is 0 Å². The number of nitrogens with zero attached hydrogens (tertiary/aromatic N) is 1. The van der Waals surface area contributed by atoms with Crippen molar-refractivity contribution in [2.24, 2.45) is 5.92 Å². The standard InChI is InChI=1S/C29H27NO/c1-3-21-30-27(25-15-9-5-10-16-25)22-29(31,20-19-24-13-7-4-8-14-24)23(2)28(30)26-17-11-6-12-18-26/h1,4-18,23,27-28,31H,21-22H2,2H3. The van der Waals surface area contributed by atoms with Crippen LogP contribution in [0.1, 0.15) is 42.1 Å². The molecule has 0 bridgehead atoms. The fourth-order valence-corrected chi connectivity index (χ4v) is 4.64. The summed E-state index contributed by atoms with van der Waals surface area (Å²) >= 11 is 0. The van der Waals surface area contributed by atoms with E-state index in [1.807, 2.05) is 66.7 Å². The van der Waals surface area contributed by atoms with E-state index >= 15 is 0 Å². The zero-order valence-corrected chi connectivity index (χ0v) is 17.8. The number of likely N-dealkylation sites (tertiary alicyclic amines) is 1. The average molecular weight is 406 g/mol. The van der Waals surface area contributed by atoms with Gasteiger partial charge < -0.3 is 5.11 Å². The number of rotatable bonds is 3. The van der Waals surface area contributed by atoms with Crippen LogP contribution in [0.2, 0.25) is 0 Å². The Morgan fingerprint density at radius 2 is 1.45 bits per heavy atom. The topological polar surface area (TPSA) is 23.5 Å². The summed E-state index contributed by atoms with van der Waals surface area (Å²) in [6.07, 6.45) is 6.31. The van der Waals surface area contributed by atoms with Gasteiger partial charge >= 0.3 is 0 Å². The van der Waals surface area contributed by atoms with E-state index in [1.54, 1.807) is 0 Å². The van der Waals surface area contributed by atoms with Crippen molar-refractivity contribution in [2.75, 3.05) is 6.54 Å². The van der Waals surface area contributed by atoms with Crippen LogP contribution in [0.5, 0.6) is 0 Å². The molecule has 1 fully saturated rings. The van der Waals surface area contributed by atoms with Gasteiger partial charge in [-0.1, -0.05) is 104 Å². The van der Waals surface area contributed by atoms with E-state index in [2.05, 4.69) is 53.9 Å². The van der Waals surface area contributed by atoms with Crippen molar-refractivity contribution in [3.05, 3.63) is 108 Å². The molecule has 0 radical (unpaired) electrons. The Labute approximate surface area is 185 Å². The highest BCUT2D eigenvalue weighted by atomic mass is 16.3. The van der Waals surface area contributed by atoms with Crippen molar-refractivity contribution in [1.82, 2.24) is 4.90 Å². The van der Waals surface area contributed by atoms with Crippen LogP contribution in [0.15, 0.2) is 91.0 Å². The van der Waals surface area contributed by atoms with Crippen molar-refractivity contribution in [2.45, 2.75) is 31.0 Å². The highest BCUT2D eigenvalue weighted by Crippen LogP contribution is 2.49. The van der Waals surface area contributed by atoms with Gasteiger partial charge in [0.15, 0.2) is 0 Å². The smallest absolute Gasteiger partial charge is 0.132 e. The van der Waals surface area contributed by atoms with E-state index in [4.69, 9.17) is 6.42 Å². The Bertz CT molecular complexity index is 1090. The summed E-state index contributed by atoms with van der Waals surface area (Å²) in [6, 6.07) is 30.4. The van der Waals surface area contributed by atoms with Crippen molar-refractivity contribution in [3.8, 4) is 24.2 Å². The third-order valence-corrected chi connectivity index (χ3v) is 6.29. The van der Waals surface area contributed by atoms with Crippen molar-refractivity contribution < 1.29 is 5.11 Å². The molecule has 0 saturated carbocycles. The van der Waals surface area contributed by atoms with E-state index in [9.17, 15) is 5.11 Å². The van der Waals surface area contributed by atoms with Gasteiger partial charge in [0, 0.05) is 30.0 Å². The summed E-state index contributed by atoms with van der Waals surface area (Å²) in [5.41, 5.74) is 2.04. The maximum absolute atomic E-state index is 11.9. The zero-order chi connectivity index (χ0) is 21.7. The first-order valence-corrected chi connectivity index (χ1v) is 10.7. The monoisotopic (exact) mass is 405 g/mol. The van der Waals surface area contributed by atoms with E-state index < -0.39 is 5.60 Å². The molecule has 1 heterocycles. The maximum atomic E-state index is 11.9. The van der Waals surface area contributed by atoms with Crippen LogP contribution in [0.3, 0.4) is 0 Å². The van der Waals surface area contributed by atoms with Crippen LogP contribution in [0.4, 0.5) is 0 Å². The van der Waals surface area contributed by atoms with Gasteiger partial charge in [0.05, 0.1) is 6.54 Å². The highest BCUT2D eigenvalue weighted by molar-refractivity contribution is 5.38. The molecule has 2 nitrogen and oxygen atoms in total. The van der Waals surface area contributed by atoms with Crippen LogP contribution in [-0.4, -0.2) is 22.2 Å². The summed E-state index contributed by atoms with van der Waals surface area (Å²) in [4.78, 5) is 2.34. The van der Waals surface area contributed by atoms with Gasteiger partial charge in [-0.3, -0.25) is 4.90 Å². The quantitative estimate of drug-likeness (QED) is 0.604. The third kappa shape index (κ3) is 4.42. The normalized spacial score (nSPS) is 25.8. The van der Waals surface area contributed by atoms with E-state index in [0.29, 0.717) is 13.0 Å². The second-order valence-electron chi connectivity index (χ2n) is 8.19. The summed E-state index contributed by atoms with van der Waals surface area (Å²) in [5.74, 6) is 9.20. The van der Waals surface area contributed by atoms with Gasteiger partial charge in [-0.15, -0.1) is 6.42 Å². The molecule has 3 aromatic rings. The van der Waals surface area contributed by atoms with Crippen molar-refractivity contribution in [3.63, 3.8) is 0 Å². The first-order chi connectivity index (χ1) is 15.1. The van der Waals surface area contributed by atoms with Crippen LogP contribution in [0.25, 0.3) is 0 Å². The molecule has 2 heteroatoms. The molecule has 4 atom stereocenters. The molecule has 3 aromatic carbocycles. The Hall–Kier alpha value is -3.30. The first-order valence-electron chi connectivity index (χ1n) is 10.7. The first kappa shape index (κ1) is 21.0. The zero-order valence-electron chi connectivity index (χ0n) is 17.8. The Morgan fingerprint density at radius 3 is 2.03 bits per heavy atom. The molecular weight excluding hydrogens is 378 g/mol. The van der Waals surface area contributed by atoms with Gasteiger partial charge in [0.2, 0.25) is 0 Å². The molecule has 1 aliphatic rings. The van der Waals surface area contributed by atoms with Crippen molar-refractivity contribution >= 4 is 0 Å². The van der Waals surface area contributed by atoms with Gasteiger partial charge in [-0.05, 0) is 23.3 Å². The van der Waals surface area contributed by atoms with Crippen LogP contribution in [0, 0.1) is 30.1 Å². The molecular formula is C29H27NO. The lowest BCUT2D eigenvalue weighted by Crippen LogP contribution is -2.53. The molecule has 154 valence electrons. The number of terminal acetylenes is 1. The molecule has 0 aromatic heterocycles. The molecule has 1 saturated heterocycles. The fraction of sp³-hybridized carbons (Fsp3) is 0.241. The maximum Gasteiger partial charge on any atom is 0.132 e. The molecule has 1 aliphatic heterocycles. The van der Waals surface area contributed by atoms with Gasteiger partial charge in [0.1, 0.15) is 5.60 Å². The lowest BCUT2D eigenvalue weighted by atomic mass is 9.71. The summed E-state index contributed by atoms with van der Waals surface area (Å²) in [6.45, 7) is 2.59. The number of hydrogen-bond donors (Lipinski definition) is 1.